The minimum absolute atomic E-state index is 0.0540. The standard InChI is InChI=1S/C14H28N4O3S/c1-11-7-12(2)9-18(8-11)22(20,21)16-13-3-5-17(6-4-13)10-14(15)19/h11-13,16H,3-10H2,1-2H3,(H2,15,19). The van der Waals surface area contributed by atoms with Crippen LogP contribution in [0.15, 0.2) is 0 Å². The number of nitrogens with one attached hydrogen (secondary N) is 1. The number of carbonyl (C=O) groups excluding carboxylic acids is 1. The van der Waals surface area contributed by atoms with E-state index in [1.54, 1.807) is 4.31 Å². The molecule has 0 bridgehead atoms. The van der Waals surface area contributed by atoms with E-state index in [9.17, 15) is 13.2 Å². The summed E-state index contributed by atoms with van der Waals surface area (Å²) < 4.78 is 29.5. The van der Waals surface area contributed by atoms with Crippen molar-refractivity contribution in [1.82, 2.24) is 13.9 Å². The topological polar surface area (TPSA) is 95.7 Å². The second kappa shape index (κ2) is 7.25. The van der Waals surface area contributed by atoms with Crippen molar-refractivity contribution in [2.24, 2.45) is 17.6 Å². The first kappa shape index (κ1) is 17.7. The van der Waals surface area contributed by atoms with E-state index in [-0.39, 0.29) is 18.5 Å². The van der Waals surface area contributed by atoms with E-state index >= 15 is 0 Å². The maximum absolute atomic E-state index is 12.5. The average molecular weight is 332 g/mol. The van der Waals surface area contributed by atoms with Gasteiger partial charge in [0.1, 0.15) is 0 Å². The first-order chi connectivity index (χ1) is 10.3. The molecule has 1 amide bonds. The molecule has 0 aromatic carbocycles. The van der Waals surface area contributed by atoms with E-state index in [0.717, 1.165) is 6.42 Å². The first-order valence-electron chi connectivity index (χ1n) is 8.04. The molecule has 7 nitrogen and oxygen atoms in total. The molecule has 0 saturated carbocycles. The molecule has 2 fully saturated rings. The molecular formula is C14H28N4O3S. The summed E-state index contributed by atoms with van der Waals surface area (Å²) in [4.78, 5) is 12.9. The van der Waals surface area contributed by atoms with E-state index in [2.05, 4.69) is 18.6 Å². The van der Waals surface area contributed by atoms with Crippen LogP contribution in [0.1, 0.15) is 33.1 Å². The number of piperidine rings is 2. The van der Waals surface area contributed by atoms with Gasteiger partial charge in [0, 0.05) is 32.2 Å². The van der Waals surface area contributed by atoms with Crippen LogP contribution < -0.4 is 10.5 Å². The average Bonchev–Trinajstić information content (AvgIpc) is 2.39. The molecule has 3 N–H and O–H groups in total. The summed E-state index contributed by atoms with van der Waals surface area (Å²) in [5.41, 5.74) is 5.18. The molecule has 2 heterocycles. The second-order valence-corrected chi connectivity index (χ2v) is 8.60. The van der Waals surface area contributed by atoms with Crippen molar-refractivity contribution in [3.05, 3.63) is 0 Å². The lowest BCUT2D eigenvalue weighted by Crippen LogP contribution is -2.53. The van der Waals surface area contributed by atoms with Gasteiger partial charge in [-0.15, -0.1) is 0 Å². The summed E-state index contributed by atoms with van der Waals surface area (Å²) in [7, 11) is -3.42. The Morgan fingerprint density at radius 3 is 2.23 bits per heavy atom. The smallest absolute Gasteiger partial charge is 0.279 e. The largest absolute Gasteiger partial charge is 0.369 e. The summed E-state index contributed by atoms with van der Waals surface area (Å²) in [5.74, 6) is 0.464. The van der Waals surface area contributed by atoms with E-state index in [0.29, 0.717) is 50.9 Å². The predicted molar refractivity (Wildman–Crippen MR) is 85.2 cm³/mol. The van der Waals surface area contributed by atoms with Crippen molar-refractivity contribution in [2.75, 3.05) is 32.7 Å². The monoisotopic (exact) mass is 332 g/mol. The number of likely N-dealkylation sites (tertiary alicyclic amines) is 1. The van der Waals surface area contributed by atoms with Gasteiger partial charge in [0.15, 0.2) is 0 Å². The molecule has 0 aromatic rings. The number of hydrogen-bond acceptors (Lipinski definition) is 4. The van der Waals surface area contributed by atoms with Crippen molar-refractivity contribution in [3.8, 4) is 0 Å². The SMILES string of the molecule is CC1CC(C)CN(S(=O)(=O)NC2CCN(CC(N)=O)CC2)C1. The lowest BCUT2D eigenvalue weighted by molar-refractivity contribution is -0.119. The van der Waals surface area contributed by atoms with Crippen LogP contribution in [0.4, 0.5) is 0 Å². The van der Waals surface area contributed by atoms with Gasteiger partial charge in [0.2, 0.25) is 5.91 Å². The van der Waals surface area contributed by atoms with Crippen LogP contribution >= 0.6 is 0 Å². The van der Waals surface area contributed by atoms with Crippen LogP contribution in [-0.2, 0) is 15.0 Å². The van der Waals surface area contributed by atoms with Crippen molar-refractivity contribution in [3.63, 3.8) is 0 Å². The Bertz CT molecular complexity index is 478. The maximum atomic E-state index is 12.5. The van der Waals surface area contributed by atoms with Gasteiger partial charge < -0.3 is 5.73 Å². The first-order valence-corrected chi connectivity index (χ1v) is 9.48. The highest BCUT2D eigenvalue weighted by atomic mass is 32.2. The van der Waals surface area contributed by atoms with Gasteiger partial charge in [-0.3, -0.25) is 9.69 Å². The van der Waals surface area contributed by atoms with Gasteiger partial charge in [-0.25, -0.2) is 0 Å². The summed E-state index contributed by atoms with van der Waals surface area (Å²) >= 11 is 0. The molecule has 0 spiro atoms. The van der Waals surface area contributed by atoms with Crippen molar-refractivity contribution >= 4 is 16.1 Å². The highest BCUT2D eigenvalue weighted by Gasteiger charge is 2.32. The quantitative estimate of drug-likeness (QED) is 0.725. The molecule has 2 unspecified atom stereocenters. The minimum atomic E-state index is -3.42. The zero-order chi connectivity index (χ0) is 16.3. The molecule has 22 heavy (non-hydrogen) atoms. The summed E-state index contributed by atoms with van der Waals surface area (Å²) in [6.07, 6.45) is 2.51. The number of primary amides is 1. The molecule has 0 aromatic heterocycles. The zero-order valence-electron chi connectivity index (χ0n) is 13.5. The molecule has 0 aliphatic carbocycles. The van der Waals surface area contributed by atoms with Gasteiger partial charge in [-0.2, -0.15) is 17.4 Å². The Kier molecular flexibility index (Phi) is 5.81. The van der Waals surface area contributed by atoms with Crippen LogP contribution in [0.2, 0.25) is 0 Å². The normalized spacial score (nSPS) is 29.5. The molecule has 0 radical (unpaired) electrons. The van der Waals surface area contributed by atoms with Crippen LogP contribution in [0.5, 0.6) is 0 Å². The number of nitrogens with two attached hydrogens (primary N) is 1. The van der Waals surface area contributed by atoms with E-state index in [1.807, 2.05) is 4.90 Å². The fourth-order valence-electron chi connectivity index (χ4n) is 3.52. The van der Waals surface area contributed by atoms with Gasteiger partial charge >= 0.3 is 0 Å². The van der Waals surface area contributed by atoms with Gasteiger partial charge in [-0.1, -0.05) is 13.8 Å². The van der Waals surface area contributed by atoms with E-state index in [4.69, 9.17) is 5.73 Å². The Morgan fingerprint density at radius 2 is 1.73 bits per heavy atom. The molecule has 2 rings (SSSR count). The third-order valence-electron chi connectivity index (χ3n) is 4.46. The molecule has 2 saturated heterocycles. The third kappa shape index (κ3) is 4.91. The zero-order valence-corrected chi connectivity index (χ0v) is 14.3. The van der Waals surface area contributed by atoms with Crippen LogP contribution in [0.25, 0.3) is 0 Å². The molecule has 2 aliphatic rings. The van der Waals surface area contributed by atoms with Crippen molar-refractivity contribution in [1.29, 1.82) is 0 Å². The number of hydrogen-bond donors (Lipinski definition) is 2. The van der Waals surface area contributed by atoms with Crippen LogP contribution in [0, 0.1) is 11.8 Å². The summed E-state index contributed by atoms with van der Waals surface area (Å²) in [6, 6.07) is -0.0540. The Hall–Kier alpha value is -0.700. The number of nitrogens with zero attached hydrogens (tertiary/aromatic N) is 2. The summed E-state index contributed by atoms with van der Waals surface area (Å²) in [5, 5.41) is 0. The molecule has 128 valence electrons. The minimum Gasteiger partial charge on any atom is -0.369 e. The number of carbonyl (C=O) groups is 1. The Morgan fingerprint density at radius 1 is 1.18 bits per heavy atom. The van der Waals surface area contributed by atoms with E-state index in [1.165, 1.54) is 0 Å². The Balaban J connectivity index is 1.86. The van der Waals surface area contributed by atoms with Gasteiger partial charge in [0.25, 0.3) is 10.2 Å². The number of amides is 1. The lowest BCUT2D eigenvalue weighted by Gasteiger charge is -2.36. The fraction of sp³-hybridized carbons (Fsp3) is 0.929. The van der Waals surface area contributed by atoms with E-state index < -0.39 is 10.2 Å². The highest BCUT2D eigenvalue weighted by Crippen LogP contribution is 2.23. The third-order valence-corrected chi connectivity index (χ3v) is 6.07. The Labute approximate surface area is 133 Å². The molecule has 2 atom stereocenters. The molecule has 2 aliphatic heterocycles. The molecular weight excluding hydrogens is 304 g/mol. The summed E-state index contributed by atoms with van der Waals surface area (Å²) in [6.45, 7) is 7.04. The predicted octanol–water partition coefficient (Wildman–Crippen LogP) is -0.252. The van der Waals surface area contributed by atoms with Gasteiger partial charge in [-0.05, 0) is 31.1 Å². The second-order valence-electron chi connectivity index (χ2n) is 6.90. The van der Waals surface area contributed by atoms with Crippen molar-refractivity contribution < 1.29 is 13.2 Å². The van der Waals surface area contributed by atoms with Crippen LogP contribution in [0.3, 0.4) is 0 Å². The highest BCUT2D eigenvalue weighted by molar-refractivity contribution is 7.87. The van der Waals surface area contributed by atoms with Gasteiger partial charge in [0.05, 0.1) is 6.54 Å². The van der Waals surface area contributed by atoms with Crippen LogP contribution in [-0.4, -0.2) is 62.3 Å². The molecule has 8 heteroatoms. The lowest BCUT2D eigenvalue weighted by atomic mass is 9.94. The van der Waals surface area contributed by atoms with Crippen molar-refractivity contribution in [2.45, 2.75) is 39.2 Å². The fourth-order valence-corrected chi connectivity index (χ4v) is 5.22. The maximum Gasteiger partial charge on any atom is 0.279 e. The number of rotatable bonds is 5.